The van der Waals surface area contributed by atoms with Crippen molar-refractivity contribution >= 4 is 17.4 Å². The number of nitrogens with zero attached hydrogens (tertiary/aromatic N) is 2. The molecule has 0 saturated heterocycles. The zero-order valence-corrected chi connectivity index (χ0v) is 22.1. The third-order valence-corrected chi connectivity index (χ3v) is 7.77. The van der Waals surface area contributed by atoms with E-state index < -0.39 is 6.17 Å². The number of carbonyl (C=O) groups excluding carboxylic acids is 2. The van der Waals surface area contributed by atoms with Crippen molar-refractivity contribution in [2.75, 3.05) is 18.0 Å². The van der Waals surface area contributed by atoms with E-state index in [2.05, 4.69) is 77.5 Å². The lowest BCUT2D eigenvalue weighted by Crippen LogP contribution is -2.53. The number of ketones is 1. The molecule has 1 fully saturated rings. The van der Waals surface area contributed by atoms with E-state index in [1.54, 1.807) is 0 Å². The summed E-state index contributed by atoms with van der Waals surface area (Å²) in [6.07, 6.45) is 7.29. The Morgan fingerprint density at radius 2 is 1.67 bits per heavy atom. The molecular formula is C31H43N3O2. The highest BCUT2D eigenvalue weighted by Gasteiger charge is 2.31. The molecule has 1 N–H and O–H groups in total. The number of benzene rings is 2. The molecule has 1 aliphatic carbocycles. The number of para-hydroxylation sites is 1. The van der Waals surface area contributed by atoms with Crippen LogP contribution in [0.5, 0.6) is 0 Å². The van der Waals surface area contributed by atoms with E-state index in [0.717, 1.165) is 32.5 Å². The second-order valence-electron chi connectivity index (χ2n) is 11.1. The van der Waals surface area contributed by atoms with Crippen molar-refractivity contribution in [1.82, 2.24) is 10.2 Å². The topological polar surface area (TPSA) is 52.7 Å². The number of hydrogen-bond donors (Lipinski definition) is 1. The Morgan fingerprint density at radius 1 is 0.944 bits per heavy atom. The molecule has 1 aliphatic heterocycles. The largest absolute Gasteiger partial charge is 0.366 e. The van der Waals surface area contributed by atoms with Crippen molar-refractivity contribution in [2.24, 2.45) is 11.8 Å². The summed E-state index contributed by atoms with van der Waals surface area (Å²) in [5, 5.41) is 3.18. The average Bonchev–Trinajstić information content (AvgIpc) is 3.34. The van der Waals surface area contributed by atoms with E-state index in [1.807, 2.05) is 6.07 Å². The van der Waals surface area contributed by atoms with Crippen LogP contribution in [0.1, 0.15) is 76.3 Å². The normalized spacial score (nSPS) is 17.6. The number of carbonyl (C=O) groups is 2. The monoisotopic (exact) mass is 489 g/mol. The molecule has 0 aromatic heterocycles. The molecule has 194 valence electrons. The van der Waals surface area contributed by atoms with Gasteiger partial charge in [-0.05, 0) is 41.9 Å². The Bertz CT molecular complexity index is 984. The van der Waals surface area contributed by atoms with Gasteiger partial charge >= 0.3 is 0 Å². The van der Waals surface area contributed by atoms with Gasteiger partial charge in [-0.15, -0.1) is 0 Å². The molecule has 2 aromatic carbocycles. The van der Waals surface area contributed by atoms with Crippen LogP contribution in [0.3, 0.4) is 0 Å². The van der Waals surface area contributed by atoms with Gasteiger partial charge in [0.25, 0.3) is 0 Å². The van der Waals surface area contributed by atoms with Crippen LogP contribution in [0.2, 0.25) is 0 Å². The van der Waals surface area contributed by atoms with E-state index in [0.29, 0.717) is 31.2 Å². The molecule has 4 rings (SSSR count). The predicted octanol–water partition coefficient (Wildman–Crippen LogP) is 5.93. The maximum Gasteiger partial charge on any atom is 0.221 e. The molecule has 0 bridgehead atoms. The van der Waals surface area contributed by atoms with Gasteiger partial charge in [-0.1, -0.05) is 88.1 Å². The number of rotatable bonds is 11. The van der Waals surface area contributed by atoms with E-state index in [4.69, 9.17) is 0 Å². The number of nitrogens with one attached hydrogen (secondary N) is 1. The number of fused-ring (bicyclic) bond motifs is 1. The van der Waals surface area contributed by atoms with Gasteiger partial charge in [0.1, 0.15) is 6.17 Å². The van der Waals surface area contributed by atoms with Gasteiger partial charge in [0.2, 0.25) is 5.91 Å². The minimum atomic E-state index is -0.565. The van der Waals surface area contributed by atoms with E-state index in [1.165, 1.54) is 42.5 Å². The molecule has 1 unspecified atom stereocenters. The van der Waals surface area contributed by atoms with Crippen LogP contribution in [0.15, 0.2) is 54.6 Å². The molecule has 1 amide bonds. The highest BCUT2D eigenvalue weighted by Crippen LogP contribution is 2.29. The van der Waals surface area contributed by atoms with Crippen LogP contribution in [0, 0.1) is 11.8 Å². The molecule has 5 nitrogen and oxygen atoms in total. The zero-order valence-electron chi connectivity index (χ0n) is 22.1. The fourth-order valence-electron chi connectivity index (χ4n) is 5.61. The molecule has 1 atom stereocenters. The van der Waals surface area contributed by atoms with Gasteiger partial charge in [0, 0.05) is 44.7 Å². The van der Waals surface area contributed by atoms with Crippen LogP contribution in [0.25, 0.3) is 0 Å². The Hall–Kier alpha value is -2.66. The quantitative estimate of drug-likeness (QED) is 0.425. The van der Waals surface area contributed by atoms with Crippen molar-refractivity contribution < 1.29 is 9.59 Å². The van der Waals surface area contributed by atoms with Crippen LogP contribution in [0.4, 0.5) is 5.69 Å². The van der Waals surface area contributed by atoms with Crippen molar-refractivity contribution in [2.45, 2.75) is 84.5 Å². The Labute approximate surface area is 217 Å². The molecule has 0 radical (unpaired) electrons. The van der Waals surface area contributed by atoms with E-state index in [9.17, 15) is 9.59 Å². The predicted molar refractivity (Wildman–Crippen MR) is 147 cm³/mol. The molecule has 2 aromatic rings. The highest BCUT2D eigenvalue weighted by molar-refractivity contribution is 5.88. The summed E-state index contributed by atoms with van der Waals surface area (Å²) in [6, 6.07) is 19.0. The van der Waals surface area contributed by atoms with Crippen LogP contribution in [-0.2, 0) is 22.7 Å². The first-order valence-corrected chi connectivity index (χ1v) is 13.9. The van der Waals surface area contributed by atoms with Crippen LogP contribution in [-0.4, -0.2) is 35.8 Å². The van der Waals surface area contributed by atoms with Crippen molar-refractivity contribution in [3.05, 3.63) is 65.7 Å². The molecule has 36 heavy (non-hydrogen) atoms. The summed E-state index contributed by atoms with van der Waals surface area (Å²) in [7, 11) is 0. The summed E-state index contributed by atoms with van der Waals surface area (Å²) in [6.45, 7) is 7.30. The summed E-state index contributed by atoms with van der Waals surface area (Å²) in [5.74, 6) is 1.27. The first kappa shape index (κ1) is 26.4. The summed E-state index contributed by atoms with van der Waals surface area (Å²) < 4.78 is 0. The molecule has 0 spiro atoms. The second-order valence-corrected chi connectivity index (χ2v) is 11.1. The highest BCUT2D eigenvalue weighted by atomic mass is 16.2. The van der Waals surface area contributed by atoms with E-state index >= 15 is 0 Å². The van der Waals surface area contributed by atoms with Gasteiger partial charge in [-0.3, -0.25) is 14.5 Å². The number of anilines is 1. The van der Waals surface area contributed by atoms with Crippen LogP contribution < -0.4 is 10.2 Å². The summed E-state index contributed by atoms with van der Waals surface area (Å²) in [4.78, 5) is 31.1. The summed E-state index contributed by atoms with van der Waals surface area (Å²) in [5.41, 5.74) is 3.68. The first-order chi connectivity index (χ1) is 17.5. The van der Waals surface area contributed by atoms with Crippen molar-refractivity contribution in [1.29, 1.82) is 0 Å². The fourth-order valence-corrected chi connectivity index (χ4v) is 5.61. The molecular weight excluding hydrogens is 446 g/mol. The third kappa shape index (κ3) is 7.42. The zero-order chi connectivity index (χ0) is 25.3. The molecule has 2 aliphatic rings. The lowest BCUT2D eigenvalue weighted by Gasteiger charge is -2.31. The van der Waals surface area contributed by atoms with Crippen LogP contribution >= 0.6 is 0 Å². The van der Waals surface area contributed by atoms with Crippen molar-refractivity contribution in [3.63, 3.8) is 0 Å². The average molecular weight is 490 g/mol. The van der Waals surface area contributed by atoms with Gasteiger partial charge in [0.15, 0.2) is 5.78 Å². The van der Waals surface area contributed by atoms with Gasteiger partial charge < -0.3 is 10.2 Å². The van der Waals surface area contributed by atoms with E-state index in [-0.39, 0.29) is 11.7 Å². The first-order valence-electron chi connectivity index (χ1n) is 13.9. The number of hydrogen-bond acceptors (Lipinski definition) is 4. The molecule has 1 saturated carbocycles. The standard InChI is InChI=1S/C31H43N3O2/c1-24(2)16-18-29(35)31(32-30(36)19-17-25-10-6-7-11-25)34-21-20-33(22-26-12-4-3-5-13-26)28-15-9-8-14-27(28)23-34/h3-5,8-9,12-15,24-25,31H,6-7,10-11,16-23H2,1-2H3,(H,32,36). The third-order valence-electron chi connectivity index (χ3n) is 7.77. The maximum absolute atomic E-state index is 13.5. The van der Waals surface area contributed by atoms with Crippen molar-refractivity contribution in [3.8, 4) is 0 Å². The van der Waals surface area contributed by atoms with Gasteiger partial charge in [0.05, 0.1) is 0 Å². The maximum atomic E-state index is 13.5. The second kappa shape index (κ2) is 13.0. The number of amides is 1. The number of Topliss-reactive ketones (excluding diaryl/α,β-unsaturated/α-hetero) is 1. The minimum absolute atomic E-state index is 0.0171. The smallest absolute Gasteiger partial charge is 0.221 e. The van der Waals surface area contributed by atoms with Gasteiger partial charge in [-0.25, -0.2) is 0 Å². The SMILES string of the molecule is CC(C)CCC(=O)C(NC(=O)CCC1CCCC1)N1CCN(Cc2ccccc2)c2ccccc2C1. The lowest BCUT2D eigenvalue weighted by molar-refractivity contribution is -0.132. The summed E-state index contributed by atoms with van der Waals surface area (Å²) >= 11 is 0. The lowest BCUT2D eigenvalue weighted by atomic mass is 10.0. The molecule has 1 heterocycles. The Balaban J connectivity index is 1.49. The minimum Gasteiger partial charge on any atom is -0.366 e. The van der Waals surface area contributed by atoms with Gasteiger partial charge in [-0.2, -0.15) is 0 Å². The molecule has 5 heteroatoms. The fraction of sp³-hybridized carbons (Fsp3) is 0.548. The Morgan fingerprint density at radius 3 is 2.42 bits per heavy atom. The Kier molecular flexibility index (Phi) is 9.57.